The first-order valence-corrected chi connectivity index (χ1v) is 10.5. The number of aryl methyl sites for hydroxylation is 1. The van der Waals surface area contributed by atoms with Crippen molar-refractivity contribution in [3.63, 3.8) is 0 Å². The number of anilines is 2. The van der Waals surface area contributed by atoms with Gasteiger partial charge in [-0.3, -0.25) is 0 Å². The van der Waals surface area contributed by atoms with E-state index in [0.717, 1.165) is 17.1 Å². The molecule has 3 aromatic rings. The predicted molar refractivity (Wildman–Crippen MR) is 125 cm³/mol. The van der Waals surface area contributed by atoms with Crippen LogP contribution in [-0.4, -0.2) is 61.5 Å². The Labute approximate surface area is 187 Å². The Morgan fingerprint density at radius 3 is 2.38 bits per heavy atom. The van der Waals surface area contributed by atoms with Gasteiger partial charge < -0.3 is 24.6 Å². The van der Waals surface area contributed by atoms with Crippen LogP contribution in [-0.2, 0) is 0 Å². The van der Waals surface area contributed by atoms with Gasteiger partial charge in [0.05, 0.1) is 25.6 Å². The minimum absolute atomic E-state index is 0.169. The molecule has 166 valence electrons. The highest BCUT2D eigenvalue weighted by atomic mass is 16.5. The Kier molecular flexibility index (Phi) is 6.39. The number of ether oxygens (including phenoxy) is 2. The van der Waals surface area contributed by atoms with Gasteiger partial charge in [0.1, 0.15) is 11.5 Å². The lowest BCUT2D eigenvalue weighted by atomic mass is 10.1. The summed E-state index contributed by atoms with van der Waals surface area (Å²) in [5.41, 5.74) is 3.69. The summed E-state index contributed by atoms with van der Waals surface area (Å²) in [5, 5.41) is 11.8. The van der Waals surface area contributed by atoms with Gasteiger partial charge in [-0.05, 0) is 36.8 Å². The van der Waals surface area contributed by atoms with Crippen LogP contribution in [0.3, 0.4) is 0 Å². The number of hydrogen-bond acceptors (Lipinski definition) is 6. The average Bonchev–Trinajstić information content (AvgIpc) is 2.84. The van der Waals surface area contributed by atoms with E-state index >= 15 is 0 Å². The van der Waals surface area contributed by atoms with Crippen LogP contribution in [0.1, 0.15) is 5.56 Å². The van der Waals surface area contributed by atoms with Gasteiger partial charge in [0.25, 0.3) is 0 Å². The molecule has 8 nitrogen and oxygen atoms in total. The summed E-state index contributed by atoms with van der Waals surface area (Å²) in [6.07, 6.45) is 0. The minimum atomic E-state index is -0.169. The third kappa shape index (κ3) is 4.59. The molecule has 0 atom stereocenters. The Morgan fingerprint density at radius 1 is 0.938 bits per heavy atom. The second-order valence-electron chi connectivity index (χ2n) is 7.56. The number of nitrogens with one attached hydrogen (secondary N) is 1. The van der Waals surface area contributed by atoms with Gasteiger partial charge in [-0.2, -0.15) is 0 Å². The van der Waals surface area contributed by atoms with Crippen LogP contribution in [0.15, 0.2) is 54.6 Å². The van der Waals surface area contributed by atoms with Crippen LogP contribution in [0.25, 0.3) is 11.3 Å². The molecule has 0 aliphatic carbocycles. The Balaban J connectivity index is 1.37. The number of carbonyl (C=O) groups excluding carboxylic acids is 1. The highest BCUT2D eigenvalue weighted by Crippen LogP contribution is 2.29. The fourth-order valence-electron chi connectivity index (χ4n) is 3.74. The normalized spacial score (nSPS) is 13.6. The number of urea groups is 1. The lowest BCUT2D eigenvalue weighted by Gasteiger charge is -2.35. The van der Waals surface area contributed by atoms with Crippen molar-refractivity contribution in [3.8, 4) is 22.8 Å². The van der Waals surface area contributed by atoms with E-state index in [1.54, 1.807) is 37.3 Å². The Hall–Kier alpha value is -3.81. The van der Waals surface area contributed by atoms with Gasteiger partial charge in [-0.1, -0.05) is 24.3 Å². The number of hydrogen-bond donors (Lipinski definition) is 1. The number of piperazine rings is 1. The van der Waals surface area contributed by atoms with Gasteiger partial charge in [-0.15, -0.1) is 10.2 Å². The lowest BCUT2D eigenvalue weighted by Crippen LogP contribution is -2.50. The second kappa shape index (κ2) is 9.55. The van der Waals surface area contributed by atoms with Crippen LogP contribution in [0.5, 0.6) is 11.5 Å². The first-order valence-electron chi connectivity index (χ1n) is 10.5. The van der Waals surface area contributed by atoms with Crippen molar-refractivity contribution < 1.29 is 14.3 Å². The van der Waals surface area contributed by atoms with E-state index in [1.165, 1.54) is 5.56 Å². The number of benzene rings is 2. The number of rotatable bonds is 5. The maximum Gasteiger partial charge on any atom is 0.322 e. The van der Waals surface area contributed by atoms with Crippen molar-refractivity contribution in [3.05, 3.63) is 60.2 Å². The van der Waals surface area contributed by atoms with Gasteiger partial charge >= 0.3 is 6.03 Å². The van der Waals surface area contributed by atoms with Crippen molar-refractivity contribution in [2.45, 2.75) is 6.92 Å². The van der Waals surface area contributed by atoms with Crippen molar-refractivity contribution in [2.75, 3.05) is 50.6 Å². The van der Waals surface area contributed by atoms with E-state index in [9.17, 15) is 4.79 Å². The van der Waals surface area contributed by atoms with Crippen LogP contribution in [0, 0.1) is 6.92 Å². The molecule has 0 saturated carbocycles. The summed E-state index contributed by atoms with van der Waals surface area (Å²) in [4.78, 5) is 16.7. The second-order valence-corrected chi connectivity index (χ2v) is 7.56. The zero-order valence-corrected chi connectivity index (χ0v) is 18.5. The maximum atomic E-state index is 12.8. The molecule has 1 N–H and O–H groups in total. The highest BCUT2D eigenvalue weighted by Gasteiger charge is 2.23. The molecule has 0 bridgehead atoms. The number of carbonyl (C=O) groups is 1. The SMILES string of the molecule is COc1ccc(OC)c(NC(=O)N2CCN(c3ccc(-c4ccccc4C)nn3)CC2)c1. The molecule has 1 aliphatic rings. The summed E-state index contributed by atoms with van der Waals surface area (Å²) in [6.45, 7) is 4.59. The predicted octanol–water partition coefficient (Wildman–Crippen LogP) is 3.82. The van der Waals surface area contributed by atoms with Crippen molar-refractivity contribution >= 4 is 17.5 Å². The van der Waals surface area contributed by atoms with E-state index in [0.29, 0.717) is 43.4 Å². The van der Waals surface area contributed by atoms with Crippen molar-refractivity contribution in [1.29, 1.82) is 0 Å². The quantitative estimate of drug-likeness (QED) is 0.659. The highest BCUT2D eigenvalue weighted by molar-refractivity contribution is 5.91. The fraction of sp³-hybridized carbons (Fsp3) is 0.292. The molecule has 0 radical (unpaired) electrons. The topological polar surface area (TPSA) is 79.8 Å². The number of aromatic nitrogens is 2. The molecule has 0 spiro atoms. The molecule has 1 aliphatic heterocycles. The van der Waals surface area contributed by atoms with Gasteiger partial charge in [-0.25, -0.2) is 4.79 Å². The third-order valence-electron chi connectivity index (χ3n) is 5.61. The Morgan fingerprint density at radius 2 is 1.72 bits per heavy atom. The molecule has 2 amide bonds. The summed E-state index contributed by atoms with van der Waals surface area (Å²) < 4.78 is 10.6. The van der Waals surface area contributed by atoms with Crippen LogP contribution in [0.2, 0.25) is 0 Å². The molecule has 4 rings (SSSR count). The summed E-state index contributed by atoms with van der Waals surface area (Å²) in [5.74, 6) is 2.05. The van der Waals surface area contributed by atoms with E-state index in [2.05, 4.69) is 33.4 Å². The fourth-order valence-corrected chi connectivity index (χ4v) is 3.74. The van der Waals surface area contributed by atoms with Crippen LogP contribution in [0.4, 0.5) is 16.3 Å². The first-order chi connectivity index (χ1) is 15.6. The summed E-state index contributed by atoms with van der Waals surface area (Å²) in [7, 11) is 3.16. The third-order valence-corrected chi connectivity index (χ3v) is 5.61. The molecule has 8 heteroatoms. The standard InChI is InChI=1S/C24H27N5O3/c1-17-6-4-5-7-19(17)20-9-11-23(27-26-20)28-12-14-29(15-13-28)24(30)25-21-16-18(31-2)8-10-22(21)32-3/h4-11,16H,12-15H2,1-3H3,(H,25,30). The van der Waals surface area contributed by atoms with Crippen molar-refractivity contribution in [1.82, 2.24) is 15.1 Å². The monoisotopic (exact) mass is 433 g/mol. The van der Waals surface area contributed by atoms with E-state index in [-0.39, 0.29) is 6.03 Å². The average molecular weight is 434 g/mol. The number of nitrogens with zero attached hydrogens (tertiary/aromatic N) is 4. The summed E-state index contributed by atoms with van der Waals surface area (Å²) >= 11 is 0. The molecule has 2 heterocycles. The van der Waals surface area contributed by atoms with Crippen LogP contribution >= 0.6 is 0 Å². The van der Waals surface area contributed by atoms with Crippen molar-refractivity contribution in [2.24, 2.45) is 0 Å². The molecular formula is C24H27N5O3. The zero-order valence-electron chi connectivity index (χ0n) is 18.5. The van der Waals surface area contributed by atoms with Gasteiger partial charge in [0, 0.05) is 37.8 Å². The first kappa shape index (κ1) is 21.4. The van der Waals surface area contributed by atoms with E-state index in [1.807, 2.05) is 30.3 Å². The molecule has 1 aromatic heterocycles. The van der Waals surface area contributed by atoms with Crippen LogP contribution < -0.4 is 19.7 Å². The van der Waals surface area contributed by atoms with E-state index < -0.39 is 0 Å². The molecule has 1 fully saturated rings. The summed E-state index contributed by atoms with van der Waals surface area (Å²) in [6, 6.07) is 17.3. The molecular weight excluding hydrogens is 406 g/mol. The molecule has 0 unspecified atom stereocenters. The molecule has 2 aromatic carbocycles. The number of amides is 2. The largest absolute Gasteiger partial charge is 0.497 e. The minimum Gasteiger partial charge on any atom is -0.497 e. The van der Waals surface area contributed by atoms with Gasteiger partial charge in [0.2, 0.25) is 0 Å². The Bertz CT molecular complexity index is 1080. The molecule has 32 heavy (non-hydrogen) atoms. The lowest BCUT2D eigenvalue weighted by molar-refractivity contribution is 0.208. The molecule has 1 saturated heterocycles. The number of methoxy groups -OCH3 is 2. The van der Waals surface area contributed by atoms with Gasteiger partial charge in [0.15, 0.2) is 5.82 Å². The smallest absolute Gasteiger partial charge is 0.322 e. The maximum absolute atomic E-state index is 12.8. The van der Waals surface area contributed by atoms with E-state index in [4.69, 9.17) is 9.47 Å². The zero-order chi connectivity index (χ0) is 22.5.